The Bertz CT molecular complexity index is 417. The molecule has 0 bridgehead atoms. The molecule has 1 aliphatic rings. The number of nitrogens with one attached hydrogen (secondary N) is 1. The van der Waals surface area contributed by atoms with Gasteiger partial charge in [0.1, 0.15) is 4.99 Å². The first-order chi connectivity index (χ1) is 8.16. The molecule has 2 rings (SSSR count). The smallest absolute Gasteiger partial charge is 0.105 e. The molecule has 17 heavy (non-hydrogen) atoms. The molecule has 1 heterocycles. The topological polar surface area (TPSA) is 38.0 Å². The van der Waals surface area contributed by atoms with Gasteiger partial charge in [0.2, 0.25) is 0 Å². The Morgan fingerprint density at radius 3 is 3.00 bits per heavy atom. The van der Waals surface area contributed by atoms with Crippen LogP contribution in [0.5, 0.6) is 0 Å². The van der Waals surface area contributed by atoms with Crippen molar-refractivity contribution in [2.45, 2.75) is 18.1 Å². The molecule has 0 spiro atoms. The maximum atomic E-state index is 5.62. The molecule has 92 valence electrons. The second kappa shape index (κ2) is 6.07. The van der Waals surface area contributed by atoms with E-state index < -0.39 is 0 Å². The monoisotopic (exact) mass is 330 g/mol. The number of thiocarbonyl (C=S) groups is 1. The summed E-state index contributed by atoms with van der Waals surface area (Å²) in [7, 11) is 0. The number of rotatable bonds is 4. The van der Waals surface area contributed by atoms with E-state index in [2.05, 4.69) is 33.0 Å². The van der Waals surface area contributed by atoms with Gasteiger partial charge in [0.25, 0.3) is 0 Å². The van der Waals surface area contributed by atoms with Gasteiger partial charge in [-0.05, 0) is 52.7 Å². The maximum Gasteiger partial charge on any atom is 0.105 e. The predicted molar refractivity (Wildman–Crippen MR) is 84.0 cm³/mol. The lowest BCUT2D eigenvalue weighted by Gasteiger charge is -2.12. The van der Waals surface area contributed by atoms with E-state index in [9.17, 15) is 0 Å². The lowest BCUT2D eigenvalue weighted by Crippen LogP contribution is -2.14. The molecule has 0 radical (unpaired) electrons. The molecule has 3 N–H and O–H groups in total. The summed E-state index contributed by atoms with van der Waals surface area (Å²) in [5.74, 6) is 1.30. The highest BCUT2D eigenvalue weighted by Crippen LogP contribution is 2.27. The van der Waals surface area contributed by atoms with Gasteiger partial charge in [-0.3, -0.25) is 0 Å². The second-order valence-corrected chi connectivity index (χ2v) is 6.78. The summed E-state index contributed by atoms with van der Waals surface area (Å²) < 4.78 is 0.953. The van der Waals surface area contributed by atoms with Crippen LogP contribution >= 0.6 is 39.9 Å². The molecular formula is C12H15BrN2S2. The first kappa shape index (κ1) is 13.2. The molecule has 2 nitrogen and oxygen atoms in total. The molecule has 1 aliphatic heterocycles. The molecule has 1 atom stereocenters. The van der Waals surface area contributed by atoms with Crippen LogP contribution in [0.4, 0.5) is 5.69 Å². The van der Waals surface area contributed by atoms with Crippen molar-refractivity contribution in [3.8, 4) is 0 Å². The first-order valence-corrected chi connectivity index (χ1v) is 7.86. The zero-order chi connectivity index (χ0) is 12.3. The van der Waals surface area contributed by atoms with Gasteiger partial charge in [0, 0.05) is 27.5 Å². The zero-order valence-electron chi connectivity index (χ0n) is 9.41. The summed E-state index contributed by atoms with van der Waals surface area (Å²) >= 11 is 10.5. The molecule has 0 amide bonds. The van der Waals surface area contributed by atoms with Gasteiger partial charge in [0.15, 0.2) is 0 Å². The van der Waals surface area contributed by atoms with Crippen molar-refractivity contribution in [1.82, 2.24) is 0 Å². The van der Waals surface area contributed by atoms with Crippen LogP contribution in [-0.2, 0) is 0 Å². The fourth-order valence-electron chi connectivity index (χ4n) is 1.86. The van der Waals surface area contributed by atoms with Crippen LogP contribution in [0.25, 0.3) is 0 Å². The third kappa shape index (κ3) is 3.60. The van der Waals surface area contributed by atoms with E-state index in [4.69, 9.17) is 18.0 Å². The average Bonchev–Trinajstić information content (AvgIpc) is 2.78. The number of thioether (sulfide) groups is 1. The summed E-state index contributed by atoms with van der Waals surface area (Å²) in [5, 5.41) is 4.21. The van der Waals surface area contributed by atoms with Crippen molar-refractivity contribution in [2.75, 3.05) is 17.6 Å². The van der Waals surface area contributed by atoms with Crippen LogP contribution in [0.15, 0.2) is 22.7 Å². The normalized spacial score (nSPS) is 19.2. The van der Waals surface area contributed by atoms with E-state index >= 15 is 0 Å². The van der Waals surface area contributed by atoms with E-state index in [1.165, 1.54) is 18.6 Å². The van der Waals surface area contributed by atoms with Gasteiger partial charge in [-0.15, -0.1) is 0 Å². The molecule has 1 fully saturated rings. The minimum absolute atomic E-state index is 0.426. The minimum Gasteiger partial charge on any atom is -0.389 e. The van der Waals surface area contributed by atoms with Crippen LogP contribution in [0.1, 0.15) is 18.4 Å². The zero-order valence-corrected chi connectivity index (χ0v) is 12.6. The molecule has 1 aromatic rings. The molecule has 0 aromatic heterocycles. The van der Waals surface area contributed by atoms with Crippen molar-refractivity contribution in [3.63, 3.8) is 0 Å². The Hall–Kier alpha value is -0.260. The lowest BCUT2D eigenvalue weighted by atomic mass is 10.2. The molecular weight excluding hydrogens is 316 g/mol. The highest BCUT2D eigenvalue weighted by Gasteiger charge is 2.15. The van der Waals surface area contributed by atoms with Crippen molar-refractivity contribution >= 4 is 50.6 Å². The minimum atomic E-state index is 0.426. The standard InChI is InChI=1S/C12H15BrN2S2/c13-11-6-8(3-4-10(11)12(14)16)15-7-9-2-1-5-17-9/h3-4,6,9,15H,1-2,5,7H2,(H2,14,16). The van der Waals surface area contributed by atoms with E-state index in [1.807, 2.05) is 18.2 Å². The first-order valence-electron chi connectivity index (χ1n) is 5.61. The number of halogens is 1. The van der Waals surface area contributed by atoms with Crippen LogP contribution < -0.4 is 11.1 Å². The summed E-state index contributed by atoms with van der Waals surface area (Å²) in [6.07, 6.45) is 2.67. The Labute approximate surface area is 120 Å². The fourth-order valence-corrected chi connectivity index (χ4v) is 3.96. The largest absolute Gasteiger partial charge is 0.389 e. The second-order valence-electron chi connectivity index (χ2n) is 4.07. The van der Waals surface area contributed by atoms with Crippen LogP contribution in [0, 0.1) is 0 Å². The number of nitrogens with two attached hydrogens (primary N) is 1. The number of hydrogen-bond acceptors (Lipinski definition) is 3. The van der Waals surface area contributed by atoms with Crippen molar-refractivity contribution in [2.24, 2.45) is 5.73 Å². The summed E-state index contributed by atoms with van der Waals surface area (Å²) in [6, 6.07) is 6.02. The van der Waals surface area contributed by atoms with E-state index in [1.54, 1.807) is 0 Å². The lowest BCUT2D eigenvalue weighted by molar-refractivity contribution is 0.805. The molecule has 1 unspecified atom stereocenters. The van der Waals surface area contributed by atoms with Gasteiger partial charge in [-0.25, -0.2) is 0 Å². The number of benzene rings is 1. The van der Waals surface area contributed by atoms with Crippen LogP contribution in [0.2, 0.25) is 0 Å². The summed E-state index contributed by atoms with van der Waals surface area (Å²) in [5.41, 5.74) is 7.62. The summed E-state index contributed by atoms with van der Waals surface area (Å²) in [6.45, 7) is 1.03. The van der Waals surface area contributed by atoms with E-state index in [0.29, 0.717) is 4.99 Å². The molecule has 1 aromatic carbocycles. The fraction of sp³-hybridized carbons (Fsp3) is 0.417. The van der Waals surface area contributed by atoms with Crippen molar-refractivity contribution in [3.05, 3.63) is 28.2 Å². The third-order valence-electron chi connectivity index (χ3n) is 2.79. The molecule has 0 aliphatic carbocycles. The summed E-state index contributed by atoms with van der Waals surface area (Å²) in [4.78, 5) is 0.426. The number of anilines is 1. The van der Waals surface area contributed by atoms with Gasteiger partial charge in [-0.1, -0.05) is 12.2 Å². The van der Waals surface area contributed by atoms with Gasteiger partial charge < -0.3 is 11.1 Å². The SMILES string of the molecule is NC(=S)c1ccc(NCC2CCCS2)cc1Br. The molecule has 1 saturated heterocycles. The van der Waals surface area contributed by atoms with Gasteiger partial charge in [0.05, 0.1) is 0 Å². The Morgan fingerprint density at radius 1 is 1.59 bits per heavy atom. The van der Waals surface area contributed by atoms with Crippen molar-refractivity contribution < 1.29 is 0 Å². The van der Waals surface area contributed by atoms with Crippen molar-refractivity contribution in [1.29, 1.82) is 0 Å². The Kier molecular flexibility index (Phi) is 4.70. The highest BCUT2D eigenvalue weighted by atomic mass is 79.9. The quantitative estimate of drug-likeness (QED) is 0.830. The van der Waals surface area contributed by atoms with Crippen LogP contribution in [-0.4, -0.2) is 22.5 Å². The number of hydrogen-bond donors (Lipinski definition) is 2. The maximum absolute atomic E-state index is 5.62. The Balaban J connectivity index is 1.97. The molecule has 5 heteroatoms. The molecule has 0 saturated carbocycles. The Morgan fingerprint density at radius 2 is 2.41 bits per heavy atom. The van der Waals surface area contributed by atoms with E-state index in [-0.39, 0.29) is 0 Å². The van der Waals surface area contributed by atoms with Gasteiger partial charge in [-0.2, -0.15) is 11.8 Å². The predicted octanol–water partition coefficient (Wildman–Crippen LogP) is 3.39. The van der Waals surface area contributed by atoms with Gasteiger partial charge >= 0.3 is 0 Å². The third-order valence-corrected chi connectivity index (χ3v) is 5.07. The van der Waals surface area contributed by atoms with Crippen LogP contribution in [0.3, 0.4) is 0 Å². The average molecular weight is 331 g/mol. The highest BCUT2D eigenvalue weighted by molar-refractivity contribution is 9.10. The van der Waals surface area contributed by atoms with E-state index in [0.717, 1.165) is 27.5 Å².